The number of carbonyl (C=O) groups excluding carboxylic acids is 1. The van der Waals surface area contributed by atoms with Gasteiger partial charge in [-0.3, -0.25) is 9.59 Å². The molecule has 8 nitrogen and oxygen atoms in total. The second-order valence-corrected chi connectivity index (χ2v) is 10.7. The summed E-state index contributed by atoms with van der Waals surface area (Å²) in [6.45, 7) is 2.43. The highest BCUT2D eigenvalue weighted by Gasteiger charge is 2.31. The van der Waals surface area contributed by atoms with Gasteiger partial charge in [-0.05, 0) is 48.4 Å². The van der Waals surface area contributed by atoms with E-state index in [1.165, 1.54) is 10.4 Å². The number of rotatable bonds is 6. The molecule has 170 valence electrons. The molecule has 2 aliphatic heterocycles. The second kappa shape index (κ2) is 9.21. The van der Waals surface area contributed by atoms with Crippen LogP contribution >= 0.6 is 15.9 Å². The molecule has 1 N–H and O–H groups in total. The van der Waals surface area contributed by atoms with Crippen molar-refractivity contribution in [3.63, 3.8) is 0 Å². The number of aliphatic carboxylic acids is 1. The molecule has 0 bridgehead atoms. The summed E-state index contributed by atoms with van der Waals surface area (Å²) in [5, 5.41) is 8.80. The van der Waals surface area contributed by atoms with Crippen molar-refractivity contribution in [1.82, 2.24) is 4.31 Å². The molecule has 4 rings (SSSR count). The maximum absolute atomic E-state index is 13.2. The maximum Gasteiger partial charge on any atom is 0.303 e. The first-order valence-corrected chi connectivity index (χ1v) is 12.6. The normalized spacial score (nSPS) is 16.8. The third-order valence-electron chi connectivity index (χ3n) is 5.85. The van der Waals surface area contributed by atoms with Crippen LogP contribution in [0.3, 0.4) is 0 Å². The smallest absolute Gasteiger partial charge is 0.303 e. The van der Waals surface area contributed by atoms with E-state index in [0.29, 0.717) is 44.8 Å². The van der Waals surface area contributed by atoms with Crippen molar-refractivity contribution in [2.75, 3.05) is 42.5 Å². The summed E-state index contributed by atoms with van der Waals surface area (Å²) < 4.78 is 29.0. The van der Waals surface area contributed by atoms with Crippen molar-refractivity contribution in [1.29, 1.82) is 0 Å². The van der Waals surface area contributed by atoms with Crippen LogP contribution in [0.2, 0.25) is 0 Å². The number of carboxylic acids is 1. The number of benzene rings is 2. The van der Waals surface area contributed by atoms with Gasteiger partial charge in [0.2, 0.25) is 15.9 Å². The zero-order valence-corrected chi connectivity index (χ0v) is 19.8. The number of amides is 1. The monoisotopic (exact) mass is 521 g/mol. The van der Waals surface area contributed by atoms with Crippen LogP contribution in [0.5, 0.6) is 0 Å². The van der Waals surface area contributed by atoms with Crippen molar-refractivity contribution in [2.24, 2.45) is 0 Å². The summed E-state index contributed by atoms with van der Waals surface area (Å²) in [7, 11) is -3.64. The summed E-state index contributed by atoms with van der Waals surface area (Å²) in [4.78, 5) is 27.0. The van der Waals surface area contributed by atoms with Crippen LogP contribution in [0.25, 0.3) is 0 Å². The molecular formula is C22H24BrN3O5S. The maximum atomic E-state index is 13.2. The first kappa shape index (κ1) is 22.8. The molecule has 2 aromatic rings. The zero-order valence-electron chi connectivity index (χ0n) is 17.4. The predicted molar refractivity (Wildman–Crippen MR) is 124 cm³/mol. The minimum absolute atomic E-state index is 0.0723. The summed E-state index contributed by atoms with van der Waals surface area (Å²) in [6, 6.07) is 12.8. The van der Waals surface area contributed by atoms with Gasteiger partial charge in [0.25, 0.3) is 0 Å². The van der Waals surface area contributed by atoms with Gasteiger partial charge in [-0.2, -0.15) is 4.31 Å². The lowest BCUT2D eigenvalue weighted by Crippen LogP contribution is -2.48. The van der Waals surface area contributed by atoms with Gasteiger partial charge in [0.05, 0.1) is 11.3 Å². The average Bonchev–Trinajstić information content (AvgIpc) is 3.21. The molecule has 0 radical (unpaired) electrons. The van der Waals surface area contributed by atoms with Gasteiger partial charge < -0.3 is 14.9 Å². The number of hydrogen-bond acceptors (Lipinski definition) is 5. The molecule has 1 amide bonds. The molecule has 0 saturated carbocycles. The van der Waals surface area contributed by atoms with Crippen LogP contribution in [0.1, 0.15) is 18.4 Å². The minimum Gasteiger partial charge on any atom is -0.481 e. The van der Waals surface area contributed by atoms with Gasteiger partial charge in [-0.25, -0.2) is 8.42 Å². The van der Waals surface area contributed by atoms with E-state index in [4.69, 9.17) is 5.11 Å². The van der Waals surface area contributed by atoms with Crippen molar-refractivity contribution in [2.45, 2.75) is 24.2 Å². The molecule has 2 aliphatic rings. The molecule has 0 aliphatic carbocycles. The van der Waals surface area contributed by atoms with Gasteiger partial charge in [0, 0.05) is 55.0 Å². The Morgan fingerprint density at radius 2 is 1.72 bits per heavy atom. The van der Waals surface area contributed by atoms with E-state index >= 15 is 0 Å². The number of anilines is 2. The molecule has 0 atom stereocenters. The number of fused-ring (bicyclic) bond motifs is 1. The number of sulfonamides is 1. The van der Waals surface area contributed by atoms with Gasteiger partial charge in [0.1, 0.15) is 0 Å². The zero-order chi connectivity index (χ0) is 22.9. The van der Waals surface area contributed by atoms with Gasteiger partial charge in [0.15, 0.2) is 0 Å². The van der Waals surface area contributed by atoms with E-state index < -0.39 is 16.0 Å². The van der Waals surface area contributed by atoms with E-state index in [0.717, 1.165) is 15.7 Å². The Bertz CT molecular complexity index is 1150. The number of piperazine rings is 1. The number of carboxylic acid groups (broad SMARTS) is 1. The third-order valence-corrected chi connectivity index (χ3v) is 8.24. The standard InChI is InChI=1S/C22H24BrN3O5S/c23-17-2-1-3-18(15-17)24-10-12-25(13-11-24)32(30,31)19-4-5-20-16(14-19)8-9-26(20)21(27)6-7-22(28)29/h1-5,14-15H,6-13H2,(H,28,29). The van der Waals surface area contributed by atoms with Gasteiger partial charge in [-0.1, -0.05) is 22.0 Å². The topological polar surface area (TPSA) is 98.2 Å². The molecule has 1 fully saturated rings. The third kappa shape index (κ3) is 4.67. The Balaban J connectivity index is 1.45. The first-order chi connectivity index (χ1) is 15.3. The number of carbonyl (C=O) groups is 2. The summed E-state index contributed by atoms with van der Waals surface area (Å²) in [6.07, 6.45) is 0.258. The Hall–Kier alpha value is -2.43. The molecule has 1 saturated heterocycles. The highest BCUT2D eigenvalue weighted by atomic mass is 79.9. The lowest BCUT2D eigenvalue weighted by Gasteiger charge is -2.35. The largest absolute Gasteiger partial charge is 0.481 e. The van der Waals surface area contributed by atoms with Crippen molar-refractivity contribution in [3.05, 3.63) is 52.5 Å². The Morgan fingerprint density at radius 1 is 0.969 bits per heavy atom. The van der Waals surface area contributed by atoms with Crippen LogP contribution in [-0.4, -0.2) is 62.4 Å². The Labute approximate surface area is 195 Å². The van der Waals surface area contributed by atoms with Crippen LogP contribution in [0.15, 0.2) is 51.8 Å². The second-order valence-electron chi connectivity index (χ2n) is 7.85. The van der Waals surface area contributed by atoms with Crippen molar-refractivity contribution >= 4 is 49.2 Å². The summed E-state index contributed by atoms with van der Waals surface area (Å²) in [5.74, 6) is -1.27. The quantitative estimate of drug-likeness (QED) is 0.627. The lowest BCUT2D eigenvalue weighted by atomic mass is 10.2. The van der Waals surface area contributed by atoms with E-state index in [9.17, 15) is 18.0 Å². The van der Waals surface area contributed by atoms with Crippen molar-refractivity contribution in [3.8, 4) is 0 Å². The fourth-order valence-corrected chi connectivity index (χ4v) is 6.02. The number of hydrogen-bond donors (Lipinski definition) is 1. The average molecular weight is 522 g/mol. The molecular weight excluding hydrogens is 498 g/mol. The Kier molecular flexibility index (Phi) is 6.55. The fourth-order valence-electron chi connectivity index (χ4n) is 4.16. The molecule has 2 heterocycles. The summed E-state index contributed by atoms with van der Waals surface area (Å²) >= 11 is 3.47. The minimum atomic E-state index is -3.64. The van der Waals surface area contributed by atoms with Crippen LogP contribution in [0.4, 0.5) is 11.4 Å². The van der Waals surface area contributed by atoms with E-state index in [2.05, 4.69) is 20.8 Å². The summed E-state index contributed by atoms with van der Waals surface area (Å²) in [5.41, 5.74) is 2.52. The van der Waals surface area contributed by atoms with E-state index in [1.807, 2.05) is 24.3 Å². The lowest BCUT2D eigenvalue weighted by molar-refractivity contribution is -0.138. The van der Waals surface area contributed by atoms with Gasteiger partial charge in [-0.15, -0.1) is 0 Å². The molecule has 10 heteroatoms. The van der Waals surface area contributed by atoms with Gasteiger partial charge >= 0.3 is 5.97 Å². The predicted octanol–water partition coefficient (Wildman–Crippen LogP) is 2.71. The van der Waals surface area contributed by atoms with Crippen LogP contribution in [0, 0.1) is 0 Å². The first-order valence-electron chi connectivity index (χ1n) is 10.4. The number of halogens is 1. The Morgan fingerprint density at radius 3 is 2.41 bits per heavy atom. The highest BCUT2D eigenvalue weighted by molar-refractivity contribution is 9.10. The molecule has 2 aromatic carbocycles. The van der Waals surface area contributed by atoms with E-state index in [1.54, 1.807) is 17.0 Å². The molecule has 0 unspecified atom stereocenters. The number of nitrogens with zero attached hydrogens (tertiary/aromatic N) is 3. The highest BCUT2D eigenvalue weighted by Crippen LogP contribution is 2.32. The van der Waals surface area contributed by atoms with E-state index in [-0.39, 0.29) is 23.6 Å². The molecule has 0 spiro atoms. The molecule has 32 heavy (non-hydrogen) atoms. The van der Waals surface area contributed by atoms with Crippen molar-refractivity contribution < 1.29 is 23.1 Å². The van der Waals surface area contributed by atoms with Crippen LogP contribution in [-0.2, 0) is 26.0 Å². The molecule has 0 aromatic heterocycles. The SMILES string of the molecule is O=C(O)CCC(=O)N1CCc2cc(S(=O)(=O)N3CCN(c4cccc(Br)c4)CC3)ccc21. The fraction of sp³-hybridized carbons (Fsp3) is 0.364. The van der Waals surface area contributed by atoms with Crippen LogP contribution < -0.4 is 9.80 Å².